The van der Waals surface area contributed by atoms with Crippen molar-refractivity contribution < 1.29 is 9.53 Å². The molecule has 0 atom stereocenters. The summed E-state index contributed by atoms with van der Waals surface area (Å²) in [6.07, 6.45) is 0. The van der Waals surface area contributed by atoms with E-state index in [0.29, 0.717) is 5.69 Å². The minimum atomic E-state index is 0.0453. The topological polar surface area (TPSA) is 57.1 Å². The highest BCUT2D eigenvalue weighted by atomic mass is 16.5. The summed E-state index contributed by atoms with van der Waals surface area (Å²) in [4.78, 5) is 22.5. The molecule has 3 aromatic rings. The lowest BCUT2D eigenvalue weighted by atomic mass is 10.2. The standard InChI is InChI=1S/C26H34N6O2/c1-28-22-8-4-3-7-21(22)25(27-28)26(33)32-19-15-30(16-20-32)12-11-29-13-17-31(18-14-29)23-9-5-6-10-24(23)34-2/h3-10H,11-20H2,1-2H3. The van der Waals surface area contributed by atoms with Gasteiger partial charge in [0.25, 0.3) is 5.91 Å². The molecule has 8 heteroatoms. The van der Waals surface area contributed by atoms with Crippen molar-refractivity contribution in [2.24, 2.45) is 7.05 Å². The minimum absolute atomic E-state index is 0.0453. The predicted molar refractivity (Wildman–Crippen MR) is 135 cm³/mol. The first-order valence-corrected chi connectivity index (χ1v) is 12.2. The summed E-state index contributed by atoms with van der Waals surface area (Å²) in [6, 6.07) is 16.2. The van der Waals surface area contributed by atoms with Crippen molar-refractivity contribution in [1.82, 2.24) is 24.5 Å². The molecule has 0 spiro atoms. The summed E-state index contributed by atoms with van der Waals surface area (Å²) in [5.41, 5.74) is 2.75. The number of anilines is 1. The summed E-state index contributed by atoms with van der Waals surface area (Å²) >= 11 is 0. The number of nitrogens with zero attached hydrogens (tertiary/aromatic N) is 6. The molecular weight excluding hydrogens is 428 g/mol. The van der Waals surface area contributed by atoms with Gasteiger partial charge in [-0.15, -0.1) is 0 Å². The van der Waals surface area contributed by atoms with E-state index in [1.165, 1.54) is 5.69 Å². The highest BCUT2D eigenvalue weighted by Crippen LogP contribution is 2.28. The summed E-state index contributed by atoms with van der Waals surface area (Å²) in [6.45, 7) is 9.60. The van der Waals surface area contributed by atoms with Crippen molar-refractivity contribution in [2.75, 3.05) is 77.5 Å². The number of hydrogen-bond acceptors (Lipinski definition) is 6. The number of para-hydroxylation sites is 3. The van der Waals surface area contributed by atoms with Crippen molar-refractivity contribution in [3.63, 3.8) is 0 Å². The van der Waals surface area contributed by atoms with Gasteiger partial charge in [-0.05, 0) is 18.2 Å². The first-order valence-electron chi connectivity index (χ1n) is 12.2. The Morgan fingerprint density at radius 2 is 1.47 bits per heavy atom. The summed E-state index contributed by atoms with van der Waals surface area (Å²) in [5.74, 6) is 0.992. The van der Waals surface area contributed by atoms with Crippen LogP contribution in [0.4, 0.5) is 5.69 Å². The number of ether oxygens (including phenoxy) is 1. The van der Waals surface area contributed by atoms with Gasteiger partial charge in [0.1, 0.15) is 5.75 Å². The molecule has 0 unspecified atom stereocenters. The molecule has 2 fully saturated rings. The largest absolute Gasteiger partial charge is 0.495 e. The van der Waals surface area contributed by atoms with Crippen LogP contribution < -0.4 is 9.64 Å². The molecule has 8 nitrogen and oxygen atoms in total. The third kappa shape index (κ3) is 4.60. The van der Waals surface area contributed by atoms with Gasteiger partial charge in [-0.1, -0.05) is 30.3 Å². The second-order valence-corrected chi connectivity index (χ2v) is 9.12. The Morgan fingerprint density at radius 3 is 2.18 bits per heavy atom. The number of carbonyl (C=O) groups excluding carboxylic acids is 1. The molecule has 0 aliphatic carbocycles. The fourth-order valence-corrected chi connectivity index (χ4v) is 5.08. The first kappa shape index (κ1) is 22.7. The number of carbonyl (C=O) groups is 1. The molecule has 1 amide bonds. The molecule has 3 heterocycles. The van der Waals surface area contributed by atoms with Gasteiger partial charge in [-0.2, -0.15) is 5.10 Å². The van der Waals surface area contributed by atoms with Crippen LogP contribution in [0, 0.1) is 0 Å². The molecule has 180 valence electrons. The molecule has 2 aliphatic heterocycles. The lowest BCUT2D eigenvalue weighted by Gasteiger charge is -2.39. The predicted octanol–water partition coefficient (Wildman–Crippen LogP) is 2.16. The maximum absolute atomic E-state index is 13.1. The molecule has 2 aliphatic rings. The van der Waals surface area contributed by atoms with E-state index in [1.54, 1.807) is 11.8 Å². The highest BCUT2D eigenvalue weighted by Gasteiger charge is 2.26. The van der Waals surface area contributed by atoms with Crippen molar-refractivity contribution in [3.05, 3.63) is 54.2 Å². The molecule has 0 saturated carbocycles. The fourth-order valence-electron chi connectivity index (χ4n) is 5.08. The van der Waals surface area contributed by atoms with Crippen LogP contribution in [0.1, 0.15) is 10.5 Å². The van der Waals surface area contributed by atoms with Gasteiger partial charge < -0.3 is 14.5 Å². The van der Waals surface area contributed by atoms with E-state index in [2.05, 4.69) is 31.9 Å². The lowest BCUT2D eigenvalue weighted by molar-refractivity contribution is 0.0617. The van der Waals surface area contributed by atoms with Crippen molar-refractivity contribution >= 4 is 22.5 Å². The molecule has 0 N–H and O–H groups in total. The summed E-state index contributed by atoms with van der Waals surface area (Å²) in [7, 11) is 3.63. The van der Waals surface area contributed by atoms with E-state index >= 15 is 0 Å². The SMILES string of the molecule is COc1ccccc1N1CCN(CCN2CCN(C(=O)c3nn(C)c4ccccc34)CC2)CC1. The number of methoxy groups -OCH3 is 1. The van der Waals surface area contributed by atoms with E-state index in [1.807, 2.05) is 48.3 Å². The molecule has 2 aromatic carbocycles. The lowest BCUT2D eigenvalue weighted by Crippen LogP contribution is -2.52. The van der Waals surface area contributed by atoms with Gasteiger partial charge in [0.05, 0.1) is 18.3 Å². The third-order valence-electron chi connectivity index (χ3n) is 7.15. The van der Waals surface area contributed by atoms with Crippen LogP contribution in [0.25, 0.3) is 10.9 Å². The van der Waals surface area contributed by atoms with Crippen LogP contribution >= 0.6 is 0 Å². The molecular formula is C26H34N6O2. The minimum Gasteiger partial charge on any atom is -0.495 e. The second kappa shape index (κ2) is 10.0. The monoisotopic (exact) mass is 462 g/mol. The van der Waals surface area contributed by atoms with Gasteiger partial charge in [-0.25, -0.2) is 0 Å². The molecule has 2 saturated heterocycles. The van der Waals surface area contributed by atoms with Crippen molar-refractivity contribution in [2.45, 2.75) is 0 Å². The summed E-state index contributed by atoms with van der Waals surface area (Å²) in [5, 5.41) is 5.45. The Bertz CT molecular complexity index is 1130. The van der Waals surface area contributed by atoms with Gasteiger partial charge in [-0.3, -0.25) is 19.3 Å². The van der Waals surface area contributed by atoms with Gasteiger partial charge >= 0.3 is 0 Å². The summed E-state index contributed by atoms with van der Waals surface area (Å²) < 4.78 is 7.33. The third-order valence-corrected chi connectivity index (χ3v) is 7.15. The Kier molecular flexibility index (Phi) is 6.69. The molecule has 34 heavy (non-hydrogen) atoms. The second-order valence-electron chi connectivity index (χ2n) is 9.12. The number of hydrogen-bond donors (Lipinski definition) is 0. The molecule has 0 bridgehead atoms. The normalized spacial score (nSPS) is 17.9. The average Bonchev–Trinajstić information content (AvgIpc) is 3.24. The van der Waals surface area contributed by atoms with E-state index in [-0.39, 0.29) is 5.91 Å². The van der Waals surface area contributed by atoms with Crippen LogP contribution in [0.15, 0.2) is 48.5 Å². The van der Waals surface area contributed by atoms with E-state index in [0.717, 1.165) is 82.1 Å². The van der Waals surface area contributed by atoms with Crippen LogP contribution in [-0.4, -0.2) is 103 Å². The first-order chi connectivity index (χ1) is 16.6. The number of amides is 1. The zero-order valence-electron chi connectivity index (χ0n) is 20.2. The Balaban J connectivity index is 1.08. The number of aromatic nitrogens is 2. The maximum atomic E-state index is 13.1. The number of rotatable bonds is 6. The van der Waals surface area contributed by atoms with Gasteiger partial charge in [0.2, 0.25) is 0 Å². The smallest absolute Gasteiger partial charge is 0.275 e. The van der Waals surface area contributed by atoms with Gasteiger partial charge in [0, 0.05) is 77.9 Å². The Labute approximate surface area is 201 Å². The van der Waals surface area contributed by atoms with Crippen molar-refractivity contribution in [3.8, 4) is 5.75 Å². The average molecular weight is 463 g/mol. The van der Waals surface area contributed by atoms with E-state index < -0.39 is 0 Å². The Morgan fingerprint density at radius 1 is 0.853 bits per heavy atom. The zero-order chi connectivity index (χ0) is 23.5. The zero-order valence-corrected chi connectivity index (χ0v) is 20.2. The van der Waals surface area contributed by atoms with E-state index in [9.17, 15) is 4.79 Å². The number of fused-ring (bicyclic) bond motifs is 1. The van der Waals surface area contributed by atoms with E-state index in [4.69, 9.17) is 4.74 Å². The maximum Gasteiger partial charge on any atom is 0.275 e. The number of aryl methyl sites for hydroxylation is 1. The van der Waals surface area contributed by atoms with Crippen molar-refractivity contribution in [1.29, 1.82) is 0 Å². The highest BCUT2D eigenvalue weighted by molar-refractivity contribution is 6.04. The molecule has 0 radical (unpaired) electrons. The number of piperazine rings is 2. The van der Waals surface area contributed by atoms with Crippen LogP contribution in [0.3, 0.4) is 0 Å². The van der Waals surface area contributed by atoms with Gasteiger partial charge in [0.15, 0.2) is 5.69 Å². The van der Waals surface area contributed by atoms with Crippen LogP contribution in [0.2, 0.25) is 0 Å². The number of benzene rings is 2. The van der Waals surface area contributed by atoms with Crippen LogP contribution in [-0.2, 0) is 7.05 Å². The van der Waals surface area contributed by atoms with Crippen LogP contribution in [0.5, 0.6) is 5.75 Å². The quantitative estimate of drug-likeness (QED) is 0.560. The molecule has 5 rings (SSSR count). The molecule has 1 aromatic heterocycles. The fraction of sp³-hybridized carbons (Fsp3) is 0.462. The Hall–Kier alpha value is -3.10.